The van der Waals surface area contributed by atoms with Crippen molar-refractivity contribution in [1.29, 1.82) is 0 Å². The van der Waals surface area contributed by atoms with Crippen LogP contribution >= 0.6 is 0 Å². The highest BCUT2D eigenvalue weighted by molar-refractivity contribution is 6.36. The third-order valence-corrected chi connectivity index (χ3v) is 4.41. The number of fused-ring (bicyclic) bond motifs is 2. The first-order chi connectivity index (χ1) is 12.2. The van der Waals surface area contributed by atoms with E-state index < -0.39 is 12.1 Å². The number of benzene rings is 1. The maximum absolute atomic E-state index is 13.6. The van der Waals surface area contributed by atoms with Crippen LogP contribution in [0.5, 0.6) is 0 Å². The lowest BCUT2D eigenvalue weighted by Crippen LogP contribution is -2.06. The zero-order chi connectivity index (χ0) is 17.0. The normalized spacial score (nSPS) is 21.9. The van der Waals surface area contributed by atoms with Crippen molar-refractivity contribution in [1.82, 2.24) is 4.98 Å². The van der Waals surface area contributed by atoms with E-state index in [0.717, 1.165) is 5.56 Å². The van der Waals surface area contributed by atoms with Crippen LogP contribution in [0.3, 0.4) is 0 Å². The van der Waals surface area contributed by atoms with Gasteiger partial charge in [0.25, 0.3) is 5.91 Å². The van der Waals surface area contributed by atoms with Gasteiger partial charge < -0.3 is 19.5 Å². The van der Waals surface area contributed by atoms with Crippen LogP contribution in [0.25, 0.3) is 11.3 Å². The average Bonchev–Trinajstić information content (AvgIpc) is 3.32. The molecule has 0 bridgehead atoms. The van der Waals surface area contributed by atoms with Crippen LogP contribution in [-0.2, 0) is 25.6 Å². The number of nitrogens with zero attached hydrogens (tertiary/aromatic N) is 1. The highest BCUT2D eigenvalue weighted by Gasteiger charge is 2.34. The van der Waals surface area contributed by atoms with Gasteiger partial charge in [-0.2, -0.15) is 0 Å². The topological polar surface area (TPSA) is 69.7 Å². The fourth-order valence-electron chi connectivity index (χ4n) is 3.29. The fraction of sp³-hybridized carbons (Fsp3) is 0.222. The molecule has 1 N–H and O–H groups in total. The third-order valence-electron chi connectivity index (χ3n) is 4.41. The lowest BCUT2D eigenvalue weighted by atomic mass is 10.0. The molecule has 0 unspecified atom stereocenters. The number of carbonyl (C=O) groups is 1. The standard InChI is InChI=1S/C18H13FN2O4/c19-9-1-3-12-11(7-9)15(17(22)21-12)16-10-2-4-13(18-23-5-6-24-18)20-14(10)8-25-16/h1-4,7,18H,5-6,8H2,(H,21,22)/b16-15+. The zero-order valence-corrected chi connectivity index (χ0v) is 13.0. The van der Waals surface area contributed by atoms with Crippen LogP contribution in [0.1, 0.15) is 28.8 Å². The highest BCUT2D eigenvalue weighted by Crippen LogP contribution is 2.41. The second-order valence-corrected chi connectivity index (χ2v) is 5.94. The van der Waals surface area contributed by atoms with Gasteiger partial charge in [0.15, 0.2) is 0 Å². The molecule has 1 aromatic heterocycles. The number of hydrogen-bond acceptors (Lipinski definition) is 5. The SMILES string of the molecule is O=C1Nc2ccc(F)cc2/C1=C1\OCc2nc(C3OCCO3)ccc21. The second-order valence-electron chi connectivity index (χ2n) is 5.94. The summed E-state index contributed by atoms with van der Waals surface area (Å²) in [5, 5.41) is 2.73. The van der Waals surface area contributed by atoms with Crippen molar-refractivity contribution in [2.75, 3.05) is 18.5 Å². The number of anilines is 1. The summed E-state index contributed by atoms with van der Waals surface area (Å²) >= 11 is 0. The number of rotatable bonds is 1. The third kappa shape index (κ3) is 2.24. The molecule has 3 aliphatic heterocycles. The molecule has 7 heteroatoms. The van der Waals surface area contributed by atoms with Crippen LogP contribution in [0.15, 0.2) is 30.3 Å². The van der Waals surface area contributed by atoms with Crippen LogP contribution in [0.2, 0.25) is 0 Å². The monoisotopic (exact) mass is 340 g/mol. The molecule has 1 amide bonds. The van der Waals surface area contributed by atoms with E-state index in [1.807, 2.05) is 6.07 Å². The number of amides is 1. The summed E-state index contributed by atoms with van der Waals surface area (Å²) in [4.78, 5) is 16.9. The summed E-state index contributed by atoms with van der Waals surface area (Å²) in [6.45, 7) is 1.32. The van der Waals surface area contributed by atoms with E-state index in [-0.39, 0.29) is 12.5 Å². The van der Waals surface area contributed by atoms with Gasteiger partial charge in [0.1, 0.15) is 18.2 Å². The maximum atomic E-state index is 13.6. The first-order valence-corrected chi connectivity index (χ1v) is 7.92. The van der Waals surface area contributed by atoms with Gasteiger partial charge in [0, 0.05) is 16.8 Å². The van der Waals surface area contributed by atoms with Crippen molar-refractivity contribution < 1.29 is 23.4 Å². The number of ether oxygens (including phenoxy) is 3. The number of hydrogen-bond donors (Lipinski definition) is 1. The quantitative estimate of drug-likeness (QED) is 0.808. The number of nitrogens with one attached hydrogen (secondary N) is 1. The predicted octanol–water partition coefficient (Wildman–Crippen LogP) is 2.62. The van der Waals surface area contributed by atoms with Crippen LogP contribution < -0.4 is 5.32 Å². The molecule has 1 fully saturated rings. The molecule has 0 spiro atoms. The van der Waals surface area contributed by atoms with Gasteiger partial charge >= 0.3 is 0 Å². The van der Waals surface area contributed by atoms with Gasteiger partial charge in [-0.25, -0.2) is 9.37 Å². The Kier molecular flexibility index (Phi) is 3.13. The highest BCUT2D eigenvalue weighted by atomic mass is 19.1. The van der Waals surface area contributed by atoms with E-state index in [9.17, 15) is 9.18 Å². The van der Waals surface area contributed by atoms with Crippen molar-refractivity contribution >= 4 is 22.9 Å². The lowest BCUT2D eigenvalue weighted by Gasteiger charge is -2.09. The Labute approximate surface area is 142 Å². The zero-order valence-electron chi connectivity index (χ0n) is 13.0. The first-order valence-electron chi connectivity index (χ1n) is 7.92. The van der Waals surface area contributed by atoms with Crippen molar-refractivity contribution in [3.05, 3.63) is 58.7 Å². The molecule has 126 valence electrons. The van der Waals surface area contributed by atoms with E-state index in [2.05, 4.69) is 10.3 Å². The Morgan fingerprint density at radius 2 is 1.96 bits per heavy atom. The van der Waals surface area contributed by atoms with E-state index >= 15 is 0 Å². The van der Waals surface area contributed by atoms with E-state index in [1.54, 1.807) is 12.1 Å². The molecule has 5 rings (SSSR count). The minimum absolute atomic E-state index is 0.243. The molecule has 1 saturated heterocycles. The Balaban J connectivity index is 1.61. The molecular weight excluding hydrogens is 327 g/mol. The van der Waals surface area contributed by atoms with E-state index in [1.165, 1.54) is 12.1 Å². The molecule has 0 radical (unpaired) electrons. The molecule has 1 aromatic carbocycles. The fourth-order valence-corrected chi connectivity index (χ4v) is 3.29. The van der Waals surface area contributed by atoms with Crippen LogP contribution in [0.4, 0.5) is 10.1 Å². The minimum atomic E-state index is -0.466. The summed E-state index contributed by atoms with van der Waals surface area (Å²) in [5.41, 5.74) is 3.51. The molecule has 4 heterocycles. The van der Waals surface area contributed by atoms with Gasteiger partial charge in [0.2, 0.25) is 6.29 Å². The predicted molar refractivity (Wildman–Crippen MR) is 85.5 cm³/mol. The summed E-state index contributed by atoms with van der Waals surface area (Å²) < 4.78 is 30.3. The molecule has 2 aromatic rings. The Hall–Kier alpha value is -2.77. The van der Waals surface area contributed by atoms with Gasteiger partial charge in [-0.05, 0) is 30.3 Å². The van der Waals surface area contributed by atoms with E-state index in [0.29, 0.717) is 47.2 Å². The van der Waals surface area contributed by atoms with Crippen LogP contribution in [0, 0.1) is 5.82 Å². The van der Waals surface area contributed by atoms with Gasteiger partial charge in [-0.1, -0.05) is 0 Å². The molecule has 6 nitrogen and oxygen atoms in total. The second kappa shape index (κ2) is 5.37. The van der Waals surface area contributed by atoms with Gasteiger partial charge in [-0.15, -0.1) is 0 Å². The molecule has 0 aliphatic carbocycles. The number of pyridine rings is 1. The van der Waals surface area contributed by atoms with Crippen molar-refractivity contribution in [3.63, 3.8) is 0 Å². The van der Waals surface area contributed by atoms with Gasteiger partial charge in [-0.3, -0.25) is 4.79 Å². The van der Waals surface area contributed by atoms with Crippen molar-refractivity contribution in [3.8, 4) is 0 Å². The molecule has 0 atom stereocenters. The number of halogens is 1. The Morgan fingerprint density at radius 3 is 2.80 bits per heavy atom. The summed E-state index contributed by atoms with van der Waals surface area (Å²) in [7, 11) is 0. The van der Waals surface area contributed by atoms with Gasteiger partial charge in [0.05, 0.1) is 30.2 Å². The lowest BCUT2D eigenvalue weighted by molar-refractivity contribution is -0.110. The summed E-state index contributed by atoms with van der Waals surface area (Å²) in [6.07, 6.45) is -0.466. The number of carbonyl (C=O) groups excluding carboxylic acids is 1. The molecule has 0 saturated carbocycles. The summed E-state index contributed by atoms with van der Waals surface area (Å²) in [6, 6.07) is 7.82. The Bertz CT molecular complexity index is 935. The van der Waals surface area contributed by atoms with Crippen molar-refractivity contribution in [2.45, 2.75) is 12.9 Å². The first kappa shape index (κ1) is 14.6. The Morgan fingerprint density at radius 1 is 1.12 bits per heavy atom. The minimum Gasteiger partial charge on any atom is -0.486 e. The summed E-state index contributed by atoms with van der Waals surface area (Å²) in [5.74, 6) is -0.297. The molecule has 25 heavy (non-hydrogen) atoms. The largest absolute Gasteiger partial charge is 0.486 e. The average molecular weight is 340 g/mol. The molecular formula is C18H13FN2O4. The molecule has 3 aliphatic rings. The van der Waals surface area contributed by atoms with Crippen molar-refractivity contribution in [2.24, 2.45) is 0 Å². The maximum Gasteiger partial charge on any atom is 0.260 e. The van der Waals surface area contributed by atoms with Crippen LogP contribution in [-0.4, -0.2) is 24.1 Å². The smallest absolute Gasteiger partial charge is 0.260 e. The number of aromatic nitrogens is 1. The van der Waals surface area contributed by atoms with E-state index in [4.69, 9.17) is 14.2 Å².